The van der Waals surface area contributed by atoms with Gasteiger partial charge >= 0.3 is 29.6 Å². The number of rotatable bonds is 2. The van der Waals surface area contributed by atoms with Gasteiger partial charge < -0.3 is 4.55 Å². The van der Waals surface area contributed by atoms with E-state index in [9.17, 15) is 13.0 Å². The van der Waals surface area contributed by atoms with Crippen LogP contribution < -0.4 is 29.6 Å². The number of hydrogen-bond donors (Lipinski definition) is 0. The number of hydrogen-bond acceptors (Lipinski definition) is 3. The molecular weight excluding hydrogens is 307 g/mol. The van der Waals surface area contributed by atoms with Crippen molar-refractivity contribution in [2.75, 3.05) is 0 Å². The van der Waals surface area contributed by atoms with Crippen molar-refractivity contribution in [1.82, 2.24) is 0 Å². The SMILES string of the molecule is Cc1ccc(-c2ccc3cc(S(=O)(=O)[O-])ccc3c2)cc1.[Na+]. The largest absolute Gasteiger partial charge is 1.00 e. The summed E-state index contributed by atoms with van der Waals surface area (Å²) in [6, 6.07) is 18.4. The van der Waals surface area contributed by atoms with E-state index in [0.717, 1.165) is 21.9 Å². The summed E-state index contributed by atoms with van der Waals surface area (Å²) in [5.74, 6) is 0. The molecule has 0 heterocycles. The molecule has 0 N–H and O–H groups in total. The van der Waals surface area contributed by atoms with Crippen molar-refractivity contribution in [2.24, 2.45) is 0 Å². The predicted octanol–water partition coefficient (Wildman–Crippen LogP) is 0.723. The zero-order valence-electron chi connectivity index (χ0n) is 12.4. The third-order valence-electron chi connectivity index (χ3n) is 3.49. The Morgan fingerprint density at radius 3 is 1.95 bits per heavy atom. The van der Waals surface area contributed by atoms with Crippen LogP contribution in [0, 0.1) is 6.92 Å². The van der Waals surface area contributed by atoms with Crippen LogP contribution in [0.3, 0.4) is 0 Å². The number of aryl methyl sites for hydroxylation is 1. The Morgan fingerprint density at radius 1 is 0.773 bits per heavy atom. The minimum atomic E-state index is -4.41. The van der Waals surface area contributed by atoms with Crippen molar-refractivity contribution >= 4 is 20.9 Å². The topological polar surface area (TPSA) is 57.2 Å². The summed E-state index contributed by atoms with van der Waals surface area (Å²) in [7, 11) is -4.41. The fraction of sp³-hybridized carbons (Fsp3) is 0.0588. The molecule has 22 heavy (non-hydrogen) atoms. The molecule has 0 spiro atoms. The second-order valence-electron chi connectivity index (χ2n) is 5.04. The monoisotopic (exact) mass is 320 g/mol. The van der Waals surface area contributed by atoms with Gasteiger partial charge in [0.25, 0.3) is 0 Å². The van der Waals surface area contributed by atoms with Gasteiger partial charge in [0.1, 0.15) is 10.1 Å². The fourth-order valence-corrected chi connectivity index (χ4v) is 2.81. The van der Waals surface area contributed by atoms with Gasteiger partial charge in [0.2, 0.25) is 0 Å². The van der Waals surface area contributed by atoms with E-state index in [4.69, 9.17) is 0 Å². The first-order valence-corrected chi connectivity index (χ1v) is 7.91. The van der Waals surface area contributed by atoms with Crippen molar-refractivity contribution in [3.05, 3.63) is 66.2 Å². The molecule has 0 saturated carbocycles. The summed E-state index contributed by atoms with van der Waals surface area (Å²) >= 11 is 0. The average Bonchev–Trinajstić information content (AvgIpc) is 2.46. The first kappa shape index (κ1) is 17.2. The summed E-state index contributed by atoms with van der Waals surface area (Å²) < 4.78 is 33.1. The van der Waals surface area contributed by atoms with Crippen molar-refractivity contribution in [3.63, 3.8) is 0 Å². The molecule has 3 aromatic carbocycles. The van der Waals surface area contributed by atoms with E-state index in [2.05, 4.69) is 0 Å². The first-order valence-electron chi connectivity index (χ1n) is 6.50. The third kappa shape index (κ3) is 3.59. The van der Waals surface area contributed by atoms with Crippen molar-refractivity contribution in [1.29, 1.82) is 0 Å². The molecular formula is C17H13NaO3S. The molecule has 3 rings (SSSR count). The third-order valence-corrected chi connectivity index (χ3v) is 4.32. The quantitative estimate of drug-likeness (QED) is 0.516. The number of benzene rings is 3. The van der Waals surface area contributed by atoms with Crippen molar-refractivity contribution in [2.45, 2.75) is 11.8 Å². The molecule has 0 aliphatic rings. The van der Waals surface area contributed by atoms with Crippen LogP contribution in [0.5, 0.6) is 0 Å². The van der Waals surface area contributed by atoms with E-state index >= 15 is 0 Å². The number of fused-ring (bicyclic) bond motifs is 1. The minimum absolute atomic E-state index is 0. The van der Waals surface area contributed by atoms with Gasteiger partial charge in [-0.3, -0.25) is 0 Å². The summed E-state index contributed by atoms with van der Waals surface area (Å²) in [5.41, 5.74) is 3.35. The van der Waals surface area contributed by atoms with Crippen LogP contribution in [-0.2, 0) is 10.1 Å². The van der Waals surface area contributed by atoms with E-state index in [1.807, 2.05) is 49.4 Å². The summed E-state index contributed by atoms with van der Waals surface area (Å²) in [6.07, 6.45) is 0. The Labute approximate surface area is 152 Å². The molecule has 3 nitrogen and oxygen atoms in total. The standard InChI is InChI=1S/C17H14O3S.Na/c1-12-2-4-13(5-3-12)14-6-7-16-11-17(21(18,19)20)9-8-15(16)10-14;/h2-11H,1H3,(H,18,19,20);/q;+1/p-1. The molecule has 0 saturated heterocycles. The fourth-order valence-electron chi connectivity index (χ4n) is 2.30. The molecule has 0 amide bonds. The van der Waals surface area contributed by atoms with E-state index < -0.39 is 10.1 Å². The Balaban J connectivity index is 0.00000176. The van der Waals surface area contributed by atoms with Gasteiger partial charge in [-0.05, 0) is 47.0 Å². The van der Waals surface area contributed by atoms with E-state index in [1.165, 1.54) is 17.7 Å². The van der Waals surface area contributed by atoms with Crippen LogP contribution >= 0.6 is 0 Å². The van der Waals surface area contributed by atoms with Crippen LogP contribution in [0.1, 0.15) is 5.56 Å². The molecule has 0 radical (unpaired) electrons. The predicted molar refractivity (Wildman–Crippen MR) is 82.1 cm³/mol. The minimum Gasteiger partial charge on any atom is -0.744 e. The molecule has 0 aromatic heterocycles. The van der Waals surface area contributed by atoms with Crippen LogP contribution in [0.25, 0.3) is 21.9 Å². The van der Waals surface area contributed by atoms with Gasteiger partial charge in [-0.1, -0.05) is 48.0 Å². The van der Waals surface area contributed by atoms with Gasteiger partial charge in [0.05, 0.1) is 4.90 Å². The molecule has 0 fully saturated rings. The summed E-state index contributed by atoms with van der Waals surface area (Å²) in [5, 5.41) is 1.64. The smallest absolute Gasteiger partial charge is 0.744 e. The zero-order valence-corrected chi connectivity index (χ0v) is 15.2. The molecule has 0 unspecified atom stereocenters. The zero-order chi connectivity index (χ0) is 15.0. The van der Waals surface area contributed by atoms with Gasteiger partial charge in [-0.15, -0.1) is 0 Å². The Kier molecular flexibility index (Phi) is 5.10. The normalized spacial score (nSPS) is 11.2. The van der Waals surface area contributed by atoms with Crippen LogP contribution in [0.15, 0.2) is 65.6 Å². The van der Waals surface area contributed by atoms with Gasteiger partial charge in [0.15, 0.2) is 0 Å². The summed E-state index contributed by atoms with van der Waals surface area (Å²) in [4.78, 5) is -0.196. The molecule has 5 heteroatoms. The maximum absolute atomic E-state index is 11.0. The van der Waals surface area contributed by atoms with Gasteiger partial charge in [-0.25, -0.2) is 8.42 Å². The molecule has 0 aliphatic carbocycles. The molecule has 0 aliphatic heterocycles. The van der Waals surface area contributed by atoms with Gasteiger partial charge in [0, 0.05) is 0 Å². The first-order chi connectivity index (χ1) is 9.93. The van der Waals surface area contributed by atoms with Crippen molar-refractivity contribution < 1.29 is 42.5 Å². The van der Waals surface area contributed by atoms with Crippen LogP contribution in [0.4, 0.5) is 0 Å². The second kappa shape index (κ2) is 6.52. The van der Waals surface area contributed by atoms with Crippen molar-refractivity contribution in [3.8, 4) is 11.1 Å². The Hall–Kier alpha value is -1.17. The maximum atomic E-state index is 11.0. The maximum Gasteiger partial charge on any atom is 1.00 e. The van der Waals surface area contributed by atoms with Crippen LogP contribution in [-0.4, -0.2) is 13.0 Å². The molecule has 106 valence electrons. The molecule has 0 atom stereocenters. The molecule has 0 bridgehead atoms. The average molecular weight is 320 g/mol. The Morgan fingerprint density at radius 2 is 1.32 bits per heavy atom. The van der Waals surface area contributed by atoms with Crippen LogP contribution in [0.2, 0.25) is 0 Å². The summed E-state index contributed by atoms with van der Waals surface area (Å²) in [6.45, 7) is 2.04. The van der Waals surface area contributed by atoms with Gasteiger partial charge in [-0.2, -0.15) is 0 Å². The molecule has 3 aromatic rings. The Bertz CT molecular complexity index is 916. The van der Waals surface area contributed by atoms with E-state index in [0.29, 0.717) is 0 Å². The second-order valence-corrected chi connectivity index (χ2v) is 6.42. The van der Waals surface area contributed by atoms with E-state index in [1.54, 1.807) is 6.07 Å². The van der Waals surface area contributed by atoms with E-state index in [-0.39, 0.29) is 34.5 Å².